The molecule has 1 aromatic carbocycles. The molecule has 0 aromatic heterocycles. The summed E-state index contributed by atoms with van der Waals surface area (Å²) in [6, 6.07) is 5.78. The van der Waals surface area contributed by atoms with Gasteiger partial charge in [0.05, 0.1) is 7.11 Å². The fraction of sp³-hybridized carbons (Fsp3) is 0.571. The highest BCUT2D eigenvalue weighted by atomic mass is 35.5. The van der Waals surface area contributed by atoms with Crippen molar-refractivity contribution in [1.29, 1.82) is 0 Å². The van der Waals surface area contributed by atoms with Gasteiger partial charge in [-0.15, -0.1) is 0 Å². The van der Waals surface area contributed by atoms with Gasteiger partial charge in [0.25, 0.3) is 0 Å². The van der Waals surface area contributed by atoms with Crippen LogP contribution in [0, 0.1) is 5.92 Å². The predicted octanol–water partition coefficient (Wildman–Crippen LogP) is 3.53. The van der Waals surface area contributed by atoms with Gasteiger partial charge >= 0.3 is 0 Å². The Hall–Kier alpha value is -0.730. The summed E-state index contributed by atoms with van der Waals surface area (Å²) in [6.07, 6.45) is 2.10. The zero-order valence-corrected chi connectivity index (χ0v) is 11.7. The first-order chi connectivity index (χ1) is 8.13. The monoisotopic (exact) mass is 255 g/mol. The van der Waals surface area contributed by atoms with E-state index < -0.39 is 0 Å². The Bertz CT molecular complexity index is 339. The lowest BCUT2D eigenvalue weighted by Gasteiger charge is -2.10. The average Bonchev–Trinajstić information content (AvgIpc) is 2.28. The molecule has 0 atom stereocenters. The molecule has 17 heavy (non-hydrogen) atoms. The number of hydrogen-bond donors (Lipinski definition) is 1. The summed E-state index contributed by atoms with van der Waals surface area (Å²) in [5.74, 6) is 1.63. The van der Waals surface area contributed by atoms with E-state index in [1.165, 1.54) is 5.56 Å². The van der Waals surface area contributed by atoms with E-state index in [0.717, 1.165) is 36.7 Å². The molecule has 1 N–H and O–H groups in total. The normalized spacial score (nSPS) is 10.9. The Morgan fingerprint density at radius 2 is 2.12 bits per heavy atom. The first-order valence-electron chi connectivity index (χ1n) is 6.16. The Morgan fingerprint density at radius 3 is 2.76 bits per heavy atom. The number of aryl methyl sites for hydroxylation is 1. The molecule has 0 radical (unpaired) electrons. The minimum absolute atomic E-state index is 0.704. The third-order valence-corrected chi connectivity index (χ3v) is 2.83. The summed E-state index contributed by atoms with van der Waals surface area (Å²) in [5.41, 5.74) is 1.19. The minimum atomic E-state index is 0.704. The van der Waals surface area contributed by atoms with Crippen LogP contribution in [0.15, 0.2) is 18.2 Å². The van der Waals surface area contributed by atoms with E-state index in [1.54, 1.807) is 7.11 Å². The van der Waals surface area contributed by atoms with Crippen molar-refractivity contribution < 1.29 is 4.74 Å². The summed E-state index contributed by atoms with van der Waals surface area (Å²) in [7, 11) is 1.70. The van der Waals surface area contributed by atoms with Crippen molar-refractivity contribution in [2.24, 2.45) is 5.92 Å². The Balaban J connectivity index is 2.37. The van der Waals surface area contributed by atoms with Crippen LogP contribution in [-0.4, -0.2) is 20.2 Å². The van der Waals surface area contributed by atoms with E-state index in [9.17, 15) is 0 Å². The number of methoxy groups -OCH3 is 1. The van der Waals surface area contributed by atoms with Crippen molar-refractivity contribution >= 4 is 11.6 Å². The maximum absolute atomic E-state index is 5.98. The van der Waals surface area contributed by atoms with Crippen LogP contribution in [-0.2, 0) is 6.42 Å². The van der Waals surface area contributed by atoms with Crippen molar-refractivity contribution in [2.45, 2.75) is 26.7 Å². The molecule has 0 fully saturated rings. The topological polar surface area (TPSA) is 21.3 Å². The highest BCUT2D eigenvalue weighted by Gasteiger charge is 2.03. The van der Waals surface area contributed by atoms with Crippen LogP contribution in [0.5, 0.6) is 5.75 Å². The summed E-state index contributed by atoms with van der Waals surface area (Å²) in [4.78, 5) is 0. The van der Waals surface area contributed by atoms with Crippen molar-refractivity contribution in [3.8, 4) is 5.75 Å². The number of halogens is 1. The molecular weight excluding hydrogens is 234 g/mol. The fourth-order valence-electron chi connectivity index (χ4n) is 1.74. The van der Waals surface area contributed by atoms with Crippen LogP contribution in [0.1, 0.15) is 25.8 Å². The highest BCUT2D eigenvalue weighted by Crippen LogP contribution is 2.23. The van der Waals surface area contributed by atoms with Crippen LogP contribution in [0.4, 0.5) is 0 Å². The zero-order chi connectivity index (χ0) is 12.7. The molecule has 1 rings (SSSR count). The number of benzene rings is 1. The quantitative estimate of drug-likeness (QED) is 0.753. The number of nitrogens with one attached hydrogen (secondary N) is 1. The molecule has 0 bridgehead atoms. The summed E-state index contributed by atoms with van der Waals surface area (Å²) in [5, 5.41) is 4.21. The van der Waals surface area contributed by atoms with Gasteiger partial charge in [0.2, 0.25) is 0 Å². The lowest BCUT2D eigenvalue weighted by molar-refractivity contribution is 0.408. The molecule has 2 nitrogen and oxygen atoms in total. The lowest BCUT2D eigenvalue weighted by Crippen LogP contribution is -2.21. The summed E-state index contributed by atoms with van der Waals surface area (Å²) >= 11 is 5.98. The van der Waals surface area contributed by atoms with Gasteiger partial charge in [-0.2, -0.15) is 0 Å². The molecule has 0 heterocycles. The van der Waals surface area contributed by atoms with Gasteiger partial charge in [-0.25, -0.2) is 0 Å². The molecule has 96 valence electrons. The third kappa shape index (κ3) is 5.42. The van der Waals surface area contributed by atoms with Gasteiger partial charge in [-0.05, 0) is 55.6 Å². The maximum atomic E-state index is 5.98. The molecule has 0 unspecified atom stereocenters. The third-order valence-electron chi connectivity index (χ3n) is 2.59. The molecule has 0 amide bonds. The van der Waals surface area contributed by atoms with E-state index in [4.69, 9.17) is 16.3 Å². The SMILES string of the molecule is COc1ccc(Cl)cc1CCCNCC(C)C. The van der Waals surface area contributed by atoms with E-state index in [0.29, 0.717) is 5.92 Å². The van der Waals surface area contributed by atoms with Crippen molar-refractivity contribution in [3.63, 3.8) is 0 Å². The van der Waals surface area contributed by atoms with E-state index >= 15 is 0 Å². The van der Waals surface area contributed by atoms with Crippen molar-refractivity contribution in [1.82, 2.24) is 5.32 Å². The van der Waals surface area contributed by atoms with Crippen LogP contribution < -0.4 is 10.1 Å². The van der Waals surface area contributed by atoms with Gasteiger partial charge in [0.1, 0.15) is 5.75 Å². The molecule has 1 aromatic rings. The molecule has 0 aliphatic rings. The van der Waals surface area contributed by atoms with Crippen molar-refractivity contribution in [2.75, 3.05) is 20.2 Å². The summed E-state index contributed by atoms with van der Waals surface area (Å²) in [6.45, 7) is 6.54. The van der Waals surface area contributed by atoms with Crippen molar-refractivity contribution in [3.05, 3.63) is 28.8 Å². The Morgan fingerprint density at radius 1 is 1.35 bits per heavy atom. The second-order valence-corrected chi connectivity index (χ2v) is 5.09. The second-order valence-electron chi connectivity index (χ2n) is 4.66. The smallest absolute Gasteiger partial charge is 0.122 e. The van der Waals surface area contributed by atoms with Gasteiger partial charge in [0.15, 0.2) is 0 Å². The fourth-order valence-corrected chi connectivity index (χ4v) is 1.93. The molecule has 0 aliphatic carbocycles. The number of rotatable bonds is 7. The van der Waals surface area contributed by atoms with Crippen LogP contribution >= 0.6 is 11.6 Å². The van der Waals surface area contributed by atoms with E-state index in [-0.39, 0.29) is 0 Å². The zero-order valence-electron chi connectivity index (χ0n) is 10.9. The largest absolute Gasteiger partial charge is 0.496 e. The Kier molecular flexibility index (Phi) is 6.38. The maximum Gasteiger partial charge on any atom is 0.122 e. The first-order valence-corrected chi connectivity index (χ1v) is 6.54. The Labute approximate surface area is 109 Å². The standard InChI is InChI=1S/C14H22ClNO/c1-11(2)10-16-8-4-5-12-9-13(15)6-7-14(12)17-3/h6-7,9,11,16H,4-5,8,10H2,1-3H3. The predicted molar refractivity (Wildman–Crippen MR) is 74.0 cm³/mol. The first kappa shape index (κ1) is 14.3. The van der Waals surface area contributed by atoms with Gasteiger partial charge in [-0.3, -0.25) is 0 Å². The summed E-state index contributed by atoms with van der Waals surface area (Å²) < 4.78 is 5.32. The van der Waals surface area contributed by atoms with Crippen LogP contribution in [0.3, 0.4) is 0 Å². The average molecular weight is 256 g/mol. The lowest BCUT2D eigenvalue weighted by atomic mass is 10.1. The molecule has 0 spiro atoms. The van der Waals surface area contributed by atoms with Gasteiger partial charge < -0.3 is 10.1 Å². The van der Waals surface area contributed by atoms with Gasteiger partial charge in [0, 0.05) is 5.02 Å². The molecule has 0 saturated heterocycles. The van der Waals surface area contributed by atoms with Crippen LogP contribution in [0.2, 0.25) is 5.02 Å². The van der Waals surface area contributed by atoms with E-state index in [2.05, 4.69) is 19.2 Å². The second kappa shape index (κ2) is 7.57. The van der Waals surface area contributed by atoms with Crippen LogP contribution in [0.25, 0.3) is 0 Å². The molecule has 0 aliphatic heterocycles. The molecular formula is C14H22ClNO. The number of hydrogen-bond acceptors (Lipinski definition) is 2. The minimum Gasteiger partial charge on any atom is -0.496 e. The number of ether oxygens (including phenoxy) is 1. The molecule has 0 saturated carbocycles. The molecule has 3 heteroatoms. The van der Waals surface area contributed by atoms with E-state index in [1.807, 2.05) is 18.2 Å². The highest BCUT2D eigenvalue weighted by molar-refractivity contribution is 6.30. The van der Waals surface area contributed by atoms with Gasteiger partial charge in [-0.1, -0.05) is 25.4 Å².